The van der Waals surface area contributed by atoms with Gasteiger partial charge in [-0.1, -0.05) is 47.7 Å². The van der Waals surface area contributed by atoms with E-state index in [-0.39, 0.29) is 24.6 Å². The van der Waals surface area contributed by atoms with Gasteiger partial charge in [-0.2, -0.15) is 9.61 Å². The van der Waals surface area contributed by atoms with Crippen LogP contribution < -0.4 is 15.6 Å². The third-order valence-electron chi connectivity index (χ3n) is 4.50. The van der Waals surface area contributed by atoms with Gasteiger partial charge in [0.05, 0.1) is 12.2 Å². The van der Waals surface area contributed by atoms with Crippen molar-refractivity contribution in [1.82, 2.24) is 19.9 Å². The summed E-state index contributed by atoms with van der Waals surface area (Å²) in [5.74, 6) is 0.347. The summed E-state index contributed by atoms with van der Waals surface area (Å²) in [5, 5.41) is 7.86. The molecular weight excluding hydrogens is 400 g/mol. The lowest BCUT2D eigenvalue weighted by atomic mass is 10.1. The smallest absolute Gasteiger partial charge is 0.275 e. The van der Waals surface area contributed by atoms with Gasteiger partial charge in [-0.05, 0) is 37.1 Å². The lowest BCUT2D eigenvalue weighted by molar-refractivity contribution is -0.123. The lowest BCUT2D eigenvalue weighted by Gasteiger charge is -2.07. The molecule has 1 amide bonds. The Bertz CT molecular complexity index is 1280. The van der Waals surface area contributed by atoms with E-state index in [1.807, 2.05) is 56.3 Å². The number of carbonyl (C=O) groups excluding carboxylic acids is 1. The maximum atomic E-state index is 12.4. The van der Waals surface area contributed by atoms with Crippen molar-refractivity contribution in [3.8, 4) is 16.3 Å². The monoisotopic (exact) mass is 420 g/mol. The topological polar surface area (TPSA) is 85.6 Å². The van der Waals surface area contributed by atoms with Crippen molar-refractivity contribution in [1.29, 1.82) is 0 Å². The molecule has 0 unspecified atom stereocenters. The fourth-order valence-electron chi connectivity index (χ4n) is 2.96. The highest BCUT2D eigenvalue weighted by Gasteiger charge is 2.12. The van der Waals surface area contributed by atoms with E-state index in [0.717, 1.165) is 21.7 Å². The summed E-state index contributed by atoms with van der Waals surface area (Å²) in [6, 6.07) is 16.7. The van der Waals surface area contributed by atoms with E-state index in [1.165, 1.54) is 21.9 Å². The number of rotatable bonds is 6. The van der Waals surface area contributed by atoms with E-state index in [9.17, 15) is 9.59 Å². The molecule has 1 N–H and O–H groups in total. The van der Waals surface area contributed by atoms with Crippen molar-refractivity contribution >= 4 is 22.2 Å². The Balaban J connectivity index is 1.45. The molecule has 4 aromatic rings. The summed E-state index contributed by atoms with van der Waals surface area (Å²) in [5.41, 5.74) is 3.29. The molecule has 152 valence electrons. The van der Waals surface area contributed by atoms with Gasteiger partial charge in [0.15, 0.2) is 6.61 Å². The van der Waals surface area contributed by atoms with E-state index < -0.39 is 0 Å². The number of amides is 1. The minimum atomic E-state index is -0.289. The maximum Gasteiger partial charge on any atom is 0.275 e. The second-order valence-corrected chi connectivity index (χ2v) is 7.84. The number of nitrogens with one attached hydrogen (secondary N) is 1. The SMILES string of the molecule is Cc1cccc(OCC(=O)NCc2cc(=O)n3nc(-c4ccccc4C)sc3n2)c1. The van der Waals surface area contributed by atoms with Gasteiger partial charge in [0.25, 0.3) is 11.5 Å². The normalized spacial score (nSPS) is 10.9. The average molecular weight is 420 g/mol. The van der Waals surface area contributed by atoms with Crippen molar-refractivity contribution in [3.05, 3.63) is 81.8 Å². The standard InChI is InChI=1S/C22H20N4O3S/c1-14-6-5-8-17(10-14)29-13-19(27)23-12-16-11-20(28)26-22(24-16)30-21(25-26)18-9-4-3-7-15(18)2/h3-11H,12-13H2,1-2H3,(H,23,27). The molecule has 2 heterocycles. The van der Waals surface area contributed by atoms with Gasteiger partial charge in [-0.3, -0.25) is 9.59 Å². The Hall–Kier alpha value is -3.52. The molecule has 2 aromatic heterocycles. The van der Waals surface area contributed by atoms with Gasteiger partial charge in [0, 0.05) is 11.6 Å². The highest BCUT2D eigenvalue weighted by atomic mass is 32.1. The van der Waals surface area contributed by atoms with E-state index in [1.54, 1.807) is 6.07 Å². The van der Waals surface area contributed by atoms with E-state index in [2.05, 4.69) is 15.4 Å². The number of fused-ring (bicyclic) bond motifs is 1. The molecule has 0 radical (unpaired) electrons. The number of carbonyl (C=O) groups is 1. The summed E-state index contributed by atoms with van der Waals surface area (Å²) >= 11 is 1.34. The van der Waals surface area contributed by atoms with Crippen LogP contribution in [0.2, 0.25) is 0 Å². The molecule has 0 saturated heterocycles. The van der Waals surface area contributed by atoms with Gasteiger partial charge in [0.1, 0.15) is 10.8 Å². The van der Waals surface area contributed by atoms with Crippen molar-refractivity contribution in [2.24, 2.45) is 0 Å². The molecule has 0 fully saturated rings. The number of nitrogens with zero attached hydrogens (tertiary/aromatic N) is 3. The Kier molecular flexibility index (Phi) is 5.58. The van der Waals surface area contributed by atoms with Crippen LogP contribution in [0.15, 0.2) is 59.4 Å². The zero-order valence-electron chi connectivity index (χ0n) is 16.6. The molecule has 2 aromatic carbocycles. The molecular formula is C22H20N4O3S. The van der Waals surface area contributed by atoms with E-state index in [0.29, 0.717) is 16.4 Å². The molecule has 7 nitrogen and oxygen atoms in total. The quantitative estimate of drug-likeness (QED) is 0.518. The van der Waals surface area contributed by atoms with Crippen LogP contribution in [-0.2, 0) is 11.3 Å². The molecule has 0 atom stereocenters. The summed E-state index contributed by atoms with van der Waals surface area (Å²) in [6.07, 6.45) is 0. The highest BCUT2D eigenvalue weighted by molar-refractivity contribution is 7.19. The van der Waals surface area contributed by atoms with Gasteiger partial charge in [-0.25, -0.2) is 4.98 Å². The van der Waals surface area contributed by atoms with Gasteiger partial charge in [0.2, 0.25) is 4.96 Å². The highest BCUT2D eigenvalue weighted by Crippen LogP contribution is 2.26. The molecule has 8 heteroatoms. The number of ether oxygens (including phenoxy) is 1. The van der Waals surface area contributed by atoms with Crippen LogP contribution in [0, 0.1) is 13.8 Å². The van der Waals surface area contributed by atoms with Gasteiger partial charge in [-0.15, -0.1) is 0 Å². The maximum absolute atomic E-state index is 12.4. The fourth-order valence-corrected chi connectivity index (χ4v) is 3.98. The summed E-state index contributed by atoms with van der Waals surface area (Å²) in [7, 11) is 0. The predicted octanol–water partition coefficient (Wildman–Crippen LogP) is 3.13. The lowest BCUT2D eigenvalue weighted by Crippen LogP contribution is -2.29. The molecule has 0 aliphatic carbocycles. The zero-order chi connectivity index (χ0) is 21.1. The number of hydrogen-bond acceptors (Lipinski definition) is 6. The zero-order valence-corrected chi connectivity index (χ0v) is 17.4. The molecule has 0 aliphatic heterocycles. The minimum Gasteiger partial charge on any atom is -0.484 e. The van der Waals surface area contributed by atoms with Crippen LogP contribution in [0.5, 0.6) is 5.75 Å². The first kappa shape index (κ1) is 19.8. The third kappa shape index (κ3) is 4.38. The number of aromatic nitrogens is 3. The Labute approximate surface area is 177 Å². The summed E-state index contributed by atoms with van der Waals surface area (Å²) in [6.45, 7) is 3.98. The van der Waals surface area contributed by atoms with Gasteiger partial charge >= 0.3 is 0 Å². The van der Waals surface area contributed by atoms with Crippen molar-refractivity contribution < 1.29 is 9.53 Å². The van der Waals surface area contributed by atoms with Crippen LogP contribution in [0.3, 0.4) is 0 Å². The Morgan fingerprint density at radius 1 is 1.13 bits per heavy atom. The van der Waals surface area contributed by atoms with Crippen molar-refractivity contribution in [2.75, 3.05) is 6.61 Å². The van der Waals surface area contributed by atoms with E-state index in [4.69, 9.17) is 4.74 Å². The fraction of sp³-hybridized carbons (Fsp3) is 0.182. The largest absolute Gasteiger partial charge is 0.484 e. The van der Waals surface area contributed by atoms with Crippen molar-refractivity contribution in [3.63, 3.8) is 0 Å². The molecule has 0 bridgehead atoms. The van der Waals surface area contributed by atoms with Crippen LogP contribution in [0.25, 0.3) is 15.5 Å². The second-order valence-electron chi connectivity index (χ2n) is 6.88. The van der Waals surface area contributed by atoms with Gasteiger partial charge < -0.3 is 10.1 Å². The van der Waals surface area contributed by atoms with Crippen LogP contribution in [0.1, 0.15) is 16.8 Å². The first-order valence-corrected chi connectivity index (χ1v) is 10.2. The Morgan fingerprint density at radius 2 is 1.97 bits per heavy atom. The average Bonchev–Trinajstić information content (AvgIpc) is 3.16. The summed E-state index contributed by atoms with van der Waals surface area (Å²) in [4.78, 5) is 29.5. The minimum absolute atomic E-state index is 0.108. The number of aryl methyl sites for hydroxylation is 2. The first-order valence-electron chi connectivity index (χ1n) is 9.41. The predicted molar refractivity (Wildman–Crippen MR) is 116 cm³/mol. The van der Waals surface area contributed by atoms with Crippen LogP contribution in [0.4, 0.5) is 0 Å². The molecule has 4 rings (SSSR count). The number of benzene rings is 2. The Morgan fingerprint density at radius 3 is 2.77 bits per heavy atom. The van der Waals surface area contributed by atoms with Crippen LogP contribution >= 0.6 is 11.3 Å². The van der Waals surface area contributed by atoms with Crippen molar-refractivity contribution in [2.45, 2.75) is 20.4 Å². The second kappa shape index (κ2) is 8.46. The van der Waals surface area contributed by atoms with E-state index >= 15 is 0 Å². The number of hydrogen-bond donors (Lipinski definition) is 1. The molecule has 0 aliphatic rings. The molecule has 30 heavy (non-hydrogen) atoms. The molecule has 0 spiro atoms. The summed E-state index contributed by atoms with van der Waals surface area (Å²) < 4.78 is 6.78. The third-order valence-corrected chi connectivity index (χ3v) is 5.44. The molecule has 0 saturated carbocycles. The van der Waals surface area contributed by atoms with Crippen LogP contribution in [-0.4, -0.2) is 27.1 Å². The first-order chi connectivity index (χ1) is 14.5.